The van der Waals surface area contributed by atoms with Gasteiger partial charge in [-0.2, -0.15) is 4.98 Å². The van der Waals surface area contributed by atoms with Gasteiger partial charge in [0.05, 0.1) is 5.54 Å². The van der Waals surface area contributed by atoms with Crippen molar-refractivity contribution in [2.75, 3.05) is 18.6 Å². The number of nitrogens with zero attached hydrogens (tertiary/aromatic N) is 4. The van der Waals surface area contributed by atoms with Crippen LogP contribution in [-0.2, 0) is 15.1 Å². The summed E-state index contributed by atoms with van der Waals surface area (Å²) in [5, 5.41) is 5.11. The summed E-state index contributed by atoms with van der Waals surface area (Å²) in [4.78, 5) is 20.2. The van der Waals surface area contributed by atoms with Crippen molar-refractivity contribution in [3.05, 3.63) is 29.8 Å². The molecule has 1 aromatic heterocycles. The quantitative estimate of drug-likeness (QED) is 0.752. The lowest BCUT2D eigenvalue weighted by molar-refractivity contribution is -0.124. The number of carbonyl (C=O) groups is 1. The van der Waals surface area contributed by atoms with Gasteiger partial charge in [-0.05, 0) is 38.2 Å². The molecular formula is C24H32N4O2. The lowest BCUT2D eigenvalue weighted by Gasteiger charge is -2.55. The number of aromatic nitrogens is 3. The molecule has 6 heteroatoms. The van der Waals surface area contributed by atoms with Gasteiger partial charge in [0.2, 0.25) is 5.95 Å². The number of carbonyl (C=O) groups excluding carboxylic acids is 1. The average molecular weight is 409 g/mol. The lowest BCUT2D eigenvalue weighted by Crippen LogP contribution is -2.62. The average Bonchev–Trinajstić information content (AvgIpc) is 3.21. The number of rotatable bonds is 3. The SMILES string of the molecule is COCC(=O)N1c2nc(-c3ccccc3C)nn2C2(CCCCC2)C2CCCCC21. The second-order valence-electron chi connectivity index (χ2n) is 9.28. The monoisotopic (exact) mass is 408 g/mol. The third-order valence-electron chi connectivity index (χ3n) is 7.62. The Hall–Kier alpha value is -2.21. The van der Waals surface area contributed by atoms with Crippen LogP contribution in [0.1, 0.15) is 63.4 Å². The number of methoxy groups -OCH3 is 1. The van der Waals surface area contributed by atoms with Crippen LogP contribution in [0.3, 0.4) is 0 Å². The van der Waals surface area contributed by atoms with Crippen molar-refractivity contribution >= 4 is 11.9 Å². The molecule has 2 saturated carbocycles. The molecule has 1 aliphatic heterocycles. The lowest BCUT2D eigenvalue weighted by atomic mass is 9.64. The summed E-state index contributed by atoms with van der Waals surface area (Å²) in [5.74, 6) is 1.93. The molecule has 3 aliphatic rings. The molecule has 5 rings (SSSR count). The van der Waals surface area contributed by atoms with Gasteiger partial charge < -0.3 is 4.74 Å². The maximum absolute atomic E-state index is 13.2. The number of fused-ring (bicyclic) bond motifs is 4. The van der Waals surface area contributed by atoms with Gasteiger partial charge in [0.15, 0.2) is 5.82 Å². The van der Waals surface area contributed by atoms with E-state index >= 15 is 0 Å². The van der Waals surface area contributed by atoms with Crippen molar-refractivity contribution in [3.8, 4) is 11.4 Å². The summed E-state index contributed by atoms with van der Waals surface area (Å²) in [5.41, 5.74) is 2.20. The molecule has 2 unspecified atom stereocenters. The molecule has 1 spiro atoms. The van der Waals surface area contributed by atoms with E-state index in [0.29, 0.717) is 5.92 Å². The number of ether oxygens (including phenoxy) is 1. The number of aryl methyl sites for hydroxylation is 1. The van der Waals surface area contributed by atoms with Crippen LogP contribution in [0, 0.1) is 12.8 Å². The highest BCUT2D eigenvalue weighted by Gasteiger charge is 2.55. The summed E-state index contributed by atoms with van der Waals surface area (Å²) < 4.78 is 7.43. The molecule has 0 N–H and O–H groups in total. The van der Waals surface area contributed by atoms with Crippen molar-refractivity contribution in [1.82, 2.24) is 14.8 Å². The van der Waals surface area contributed by atoms with Crippen LogP contribution in [0.2, 0.25) is 0 Å². The van der Waals surface area contributed by atoms with Gasteiger partial charge >= 0.3 is 0 Å². The van der Waals surface area contributed by atoms with Gasteiger partial charge in [0.25, 0.3) is 5.91 Å². The summed E-state index contributed by atoms with van der Waals surface area (Å²) in [7, 11) is 1.59. The van der Waals surface area contributed by atoms with Gasteiger partial charge in [-0.15, -0.1) is 5.10 Å². The predicted molar refractivity (Wildman–Crippen MR) is 116 cm³/mol. The zero-order valence-electron chi connectivity index (χ0n) is 18.1. The molecule has 0 saturated heterocycles. The Kier molecular flexibility index (Phi) is 5.13. The molecule has 2 aliphatic carbocycles. The van der Waals surface area contributed by atoms with Crippen molar-refractivity contribution < 1.29 is 9.53 Å². The van der Waals surface area contributed by atoms with Gasteiger partial charge in [-0.1, -0.05) is 56.4 Å². The first-order valence-corrected chi connectivity index (χ1v) is 11.5. The van der Waals surface area contributed by atoms with Crippen LogP contribution in [0.15, 0.2) is 24.3 Å². The number of anilines is 1. The topological polar surface area (TPSA) is 60.2 Å². The first-order chi connectivity index (χ1) is 14.7. The van der Waals surface area contributed by atoms with E-state index < -0.39 is 0 Å². The summed E-state index contributed by atoms with van der Waals surface area (Å²) in [6, 6.07) is 8.46. The third kappa shape index (κ3) is 2.99. The minimum absolute atomic E-state index is 0.00351. The van der Waals surface area contributed by atoms with Crippen LogP contribution < -0.4 is 4.90 Å². The standard InChI is InChI=1S/C24H32N4O2/c1-17-10-4-5-11-18(17)22-25-23-27(21(29)16-30-2)20-13-7-6-12-19(20)24(28(23)26-22)14-8-3-9-15-24/h4-5,10-11,19-20H,3,6-9,12-16H2,1-2H3. The van der Waals surface area contributed by atoms with Gasteiger partial charge in [0.1, 0.15) is 6.61 Å². The van der Waals surface area contributed by atoms with E-state index in [2.05, 4.69) is 23.7 Å². The van der Waals surface area contributed by atoms with E-state index in [1.54, 1.807) is 7.11 Å². The van der Waals surface area contributed by atoms with E-state index in [4.69, 9.17) is 14.8 Å². The summed E-state index contributed by atoms with van der Waals surface area (Å²) >= 11 is 0. The van der Waals surface area contributed by atoms with Gasteiger partial charge in [-0.25, -0.2) is 4.68 Å². The minimum Gasteiger partial charge on any atom is -0.375 e. The van der Waals surface area contributed by atoms with Crippen LogP contribution in [0.5, 0.6) is 0 Å². The van der Waals surface area contributed by atoms with E-state index in [-0.39, 0.29) is 24.1 Å². The van der Waals surface area contributed by atoms with Gasteiger partial charge in [0, 0.05) is 24.6 Å². The highest BCUT2D eigenvalue weighted by molar-refractivity contribution is 5.94. The predicted octanol–water partition coefficient (Wildman–Crippen LogP) is 4.46. The first-order valence-electron chi connectivity index (χ1n) is 11.5. The van der Waals surface area contributed by atoms with E-state index in [1.807, 2.05) is 17.0 Å². The van der Waals surface area contributed by atoms with Gasteiger partial charge in [-0.3, -0.25) is 9.69 Å². The Bertz CT molecular complexity index is 931. The van der Waals surface area contributed by atoms with Crippen molar-refractivity contribution in [2.24, 2.45) is 5.92 Å². The Balaban J connectivity index is 1.70. The minimum atomic E-state index is -0.00351. The van der Waals surface area contributed by atoms with Crippen LogP contribution in [0.25, 0.3) is 11.4 Å². The third-order valence-corrected chi connectivity index (χ3v) is 7.62. The van der Waals surface area contributed by atoms with Crippen LogP contribution in [-0.4, -0.2) is 40.4 Å². The zero-order valence-corrected chi connectivity index (χ0v) is 18.1. The Morgan fingerprint density at radius 2 is 1.90 bits per heavy atom. The molecule has 2 atom stereocenters. The molecule has 2 heterocycles. The maximum Gasteiger partial charge on any atom is 0.255 e. The maximum atomic E-state index is 13.2. The molecule has 30 heavy (non-hydrogen) atoms. The molecule has 2 fully saturated rings. The Morgan fingerprint density at radius 3 is 2.67 bits per heavy atom. The van der Waals surface area contributed by atoms with Crippen LogP contribution >= 0.6 is 0 Å². The fraction of sp³-hybridized carbons (Fsp3) is 0.625. The second-order valence-corrected chi connectivity index (χ2v) is 9.28. The van der Waals surface area contributed by atoms with Crippen molar-refractivity contribution in [3.63, 3.8) is 0 Å². The van der Waals surface area contributed by atoms with E-state index in [0.717, 1.165) is 42.2 Å². The van der Waals surface area contributed by atoms with Crippen LogP contribution in [0.4, 0.5) is 5.95 Å². The Labute approximate surface area is 178 Å². The number of benzene rings is 1. The second kappa shape index (κ2) is 7.80. The summed E-state index contributed by atoms with van der Waals surface area (Å²) in [6.45, 7) is 2.18. The number of hydrogen-bond acceptors (Lipinski definition) is 4. The first kappa shape index (κ1) is 19.7. The molecule has 160 valence electrons. The van der Waals surface area contributed by atoms with E-state index in [1.165, 1.54) is 38.5 Å². The summed E-state index contributed by atoms with van der Waals surface area (Å²) in [6.07, 6.45) is 10.7. The van der Waals surface area contributed by atoms with E-state index in [9.17, 15) is 4.79 Å². The number of amides is 1. The molecule has 1 amide bonds. The van der Waals surface area contributed by atoms with Crippen molar-refractivity contribution in [2.45, 2.75) is 76.3 Å². The molecular weight excluding hydrogens is 376 g/mol. The molecule has 0 bridgehead atoms. The Morgan fingerprint density at radius 1 is 1.13 bits per heavy atom. The molecule has 2 aromatic rings. The highest BCUT2D eigenvalue weighted by atomic mass is 16.5. The van der Waals surface area contributed by atoms with Crippen molar-refractivity contribution in [1.29, 1.82) is 0 Å². The largest absolute Gasteiger partial charge is 0.375 e. The fourth-order valence-electron chi connectivity index (χ4n) is 6.29. The smallest absolute Gasteiger partial charge is 0.255 e. The molecule has 1 aromatic carbocycles. The normalized spacial score (nSPS) is 25.1. The zero-order chi connectivity index (χ0) is 20.7. The fourth-order valence-corrected chi connectivity index (χ4v) is 6.29. The highest BCUT2D eigenvalue weighted by Crippen LogP contribution is 2.53. The number of hydrogen-bond donors (Lipinski definition) is 0. The molecule has 0 radical (unpaired) electrons. The molecule has 6 nitrogen and oxygen atoms in total.